The van der Waals surface area contributed by atoms with Gasteiger partial charge in [0.25, 0.3) is 0 Å². The molecule has 2 atom stereocenters. The SMILES string of the molecule is CNc1cc(F)cc2c1[nH]c1nc(Oc3cnc(C)nc3)nc(N3CC[C@]4(CC[C@@H]4N)C3)c12. The van der Waals surface area contributed by atoms with Crippen LogP contribution >= 0.6 is 0 Å². The van der Waals surface area contributed by atoms with Crippen molar-refractivity contribution in [1.82, 2.24) is 24.9 Å². The van der Waals surface area contributed by atoms with Gasteiger partial charge >= 0.3 is 6.01 Å². The van der Waals surface area contributed by atoms with Gasteiger partial charge < -0.3 is 25.7 Å². The second-order valence-corrected chi connectivity index (χ2v) is 9.05. The molecular weight excluding hydrogens is 423 g/mol. The summed E-state index contributed by atoms with van der Waals surface area (Å²) in [5.74, 6) is 1.49. The Labute approximate surface area is 189 Å². The van der Waals surface area contributed by atoms with Crippen molar-refractivity contribution in [3.8, 4) is 11.8 Å². The number of aromatic nitrogens is 5. The van der Waals surface area contributed by atoms with Gasteiger partial charge in [-0.3, -0.25) is 0 Å². The lowest BCUT2D eigenvalue weighted by Gasteiger charge is -2.44. The molecule has 0 amide bonds. The molecule has 0 radical (unpaired) electrons. The summed E-state index contributed by atoms with van der Waals surface area (Å²) in [7, 11) is 1.76. The van der Waals surface area contributed by atoms with Crippen LogP contribution in [-0.2, 0) is 0 Å². The maximum atomic E-state index is 14.5. The van der Waals surface area contributed by atoms with Crippen LogP contribution in [0, 0.1) is 18.2 Å². The van der Waals surface area contributed by atoms with Crippen LogP contribution in [0.4, 0.5) is 15.9 Å². The van der Waals surface area contributed by atoms with E-state index in [1.54, 1.807) is 19.4 Å². The Bertz CT molecular complexity index is 1370. The van der Waals surface area contributed by atoms with Crippen LogP contribution in [0.1, 0.15) is 25.1 Å². The second-order valence-electron chi connectivity index (χ2n) is 9.05. The number of nitrogens with zero attached hydrogens (tertiary/aromatic N) is 5. The summed E-state index contributed by atoms with van der Waals surface area (Å²) >= 11 is 0. The molecule has 3 aromatic heterocycles. The third-order valence-electron chi connectivity index (χ3n) is 7.15. The Morgan fingerprint density at radius 2 is 2.06 bits per heavy atom. The fourth-order valence-corrected chi connectivity index (χ4v) is 5.14. The fraction of sp³-hybridized carbons (Fsp3) is 0.391. The number of halogens is 1. The molecule has 10 heteroatoms. The molecule has 9 nitrogen and oxygen atoms in total. The molecule has 1 aliphatic heterocycles. The zero-order valence-electron chi connectivity index (χ0n) is 18.5. The van der Waals surface area contributed by atoms with Crippen molar-refractivity contribution in [2.75, 3.05) is 30.4 Å². The van der Waals surface area contributed by atoms with E-state index in [4.69, 9.17) is 15.5 Å². The Morgan fingerprint density at radius 1 is 1.24 bits per heavy atom. The largest absolute Gasteiger partial charge is 0.421 e. The first kappa shape index (κ1) is 20.1. The van der Waals surface area contributed by atoms with E-state index in [1.807, 2.05) is 6.92 Å². The average molecular weight is 449 g/mol. The number of hydrogen-bond acceptors (Lipinski definition) is 8. The van der Waals surface area contributed by atoms with Crippen LogP contribution in [0.25, 0.3) is 21.9 Å². The second kappa shape index (κ2) is 7.24. The molecule has 1 spiro atoms. The highest BCUT2D eigenvalue weighted by Crippen LogP contribution is 2.49. The first-order chi connectivity index (χ1) is 16.0. The van der Waals surface area contributed by atoms with E-state index in [-0.39, 0.29) is 23.3 Å². The van der Waals surface area contributed by atoms with Gasteiger partial charge in [-0.25, -0.2) is 14.4 Å². The van der Waals surface area contributed by atoms with Gasteiger partial charge in [-0.1, -0.05) is 0 Å². The maximum absolute atomic E-state index is 14.5. The number of benzene rings is 1. The summed E-state index contributed by atoms with van der Waals surface area (Å²) in [4.78, 5) is 23.3. The van der Waals surface area contributed by atoms with Gasteiger partial charge in [0.2, 0.25) is 0 Å². The number of aryl methyl sites for hydroxylation is 1. The van der Waals surface area contributed by atoms with Crippen molar-refractivity contribution >= 4 is 33.4 Å². The van der Waals surface area contributed by atoms with Crippen molar-refractivity contribution in [3.05, 3.63) is 36.2 Å². The molecule has 1 saturated heterocycles. The monoisotopic (exact) mass is 448 g/mol. The number of nitrogens with two attached hydrogens (primary N) is 1. The van der Waals surface area contributed by atoms with Crippen LogP contribution in [0.15, 0.2) is 24.5 Å². The lowest BCUT2D eigenvalue weighted by molar-refractivity contribution is 0.122. The Hall–Kier alpha value is -3.53. The molecule has 6 rings (SSSR count). The molecular formula is C23H25FN8O. The number of anilines is 2. The van der Waals surface area contributed by atoms with E-state index < -0.39 is 0 Å². The number of fused-ring (bicyclic) bond motifs is 3. The third-order valence-corrected chi connectivity index (χ3v) is 7.15. The van der Waals surface area contributed by atoms with Crippen molar-refractivity contribution < 1.29 is 9.13 Å². The summed E-state index contributed by atoms with van der Waals surface area (Å²) in [6.45, 7) is 3.45. The normalized spacial score (nSPS) is 22.3. The molecule has 0 bridgehead atoms. The highest BCUT2D eigenvalue weighted by molar-refractivity contribution is 6.14. The summed E-state index contributed by atoms with van der Waals surface area (Å²) < 4.78 is 20.4. The summed E-state index contributed by atoms with van der Waals surface area (Å²) in [5, 5.41) is 4.57. The van der Waals surface area contributed by atoms with Gasteiger partial charge in [-0.15, -0.1) is 0 Å². The van der Waals surface area contributed by atoms with Crippen molar-refractivity contribution in [2.24, 2.45) is 11.1 Å². The molecule has 170 valence electrons. The molecule has 33 heavy (non-hydrogen) atoms. The summed E-state index contributed by atoms with van der Waals surface area (Å²) in [5.41, 5.74) is 8.51. The van der Waals surface area contributed by atoms with Gasteiger partial charge in [0.05, 0.1) is 29.0 Å². The van der Waals surface area contributed by atoms with E-state index >= 15 is 0 Å². The zero-order chi connectivity index (χ0) is 22.7. The molecule has 0 unspecified atom stereocenters. The lowest BCUT2D eigenvalue weighted by atomic mass is 9.64. The standard InChI is InChI=1S/C23H25FN8O/c1-12-27-9-14(10-28-12)33-22-30-20-18(15-7-13(24)8-16(26-2)19(15)29-20)21(31-22)32-6-5-23(11-32)4-3-17(23)25/h7-10,17,26H,3-6,11,25H2,1-2H3,(H,29,30,31)/t17-,23+/m0/s1. The summed E-state index contributed by atoms with van der Waals surface area (Å²) in [6.07, 6.45) is 6.37. The van der Waals surface area contributed by atoms with Gasteiger partial charge in [0.1, 0.15) is 23.1 Å². The maximum Gasteiger partial charge on any atom is 0.326 e. The Balaban J connectivity index is 1.52. The quantitative estimate of drug-likeness (QED) is 0.434. The van der Waals surface area contributed by atoms with Crippen LogP contribution in [-0.4, -0.2) is 51.1 Å². The van der Waals surface area contributed by atoms with Gasteiger partial charge in [-0.2, -0.15) is 9.97 Å². The minimum atomic E-state index is -0.324. The Kier molecular flexibility index (Phi) is 4.41. The molecule has 1 saturated carbocycles. The molecule has 1 aliphatic carbocycles. The van der Waals surface area contributed by atoms with Crippen molar-refractivity contribution in [3.63, 3.8) is 0 Å². The highest BCUT2D eigenvalue weighted by Gasteiger charge is 2.49. The number of hydrogen-bond donors (Lipinski definition) is 3. The Morgan fingerprint density at radius 3 is 2.73 bits per heavy atom. The minimum Gasteiger partial charge on any atom is -0.421 e. The van der Waals surface area contributed by atoms with Gasteiger partial charge in [0, 0.05) is 37.0 Å². The van der Waals surface area contributed by atoms with Crippen LogP contribution < -0.4 is 20.7 Å². The van der Waals surface area contributed by atoms with Crippen molar-refractivity contribution in [1.29, 1.82) is 0 Å². The first-order valence-electron chi connectivity index (χ1n) is 11.1. The van der Waals surface area contributed by atoms with E-state index in [2.05, 4.69) is 30.2 Å². The van der Waals surface area contributed by atoms with Crippen LogP contribution in [0.5, 0.6) is 11.8 Å². The zero-order valence-corrected chi connectivity index (χ0v) is 18.5. The molecule has 4 aromatic rings. The highest BCUT2D eigenvalue weighted by atomic mass is 19.1. The van der Waals surface area contributed by atoms with Crippen molar-refractivity contribution in [2.45, 2.75) is 32.2 Å². The molecule has 2 fully saturated rings. The van der Waals surface area contributed by atoms with Gasteiger partial charge in [-0.05, 0) is 38.3 Å². The average Bonchev–Trinajstić information content (AvgIpc) is 3.42. The third kappa shape index (κ3) is 3.16. The molecule has 4 N–H and O–H groups in total. The number of aromatic amines is 1. The topological polar surface area (TPSA) is 118 Å². The number of H-pyrrole nitrogens is 1. The molecule has 2 aliphatic rings. The van der Waals surface area contributed by atoms with E-state index in [0.29, 0.717) is 22.9 Å². The smallest absolute Gasteiger partial charge is 0.326 e. The predicted octanol–water partition coefficient (Wildman–Crippen LogP) is 3.50. The van der Waals surface area contributed by atoms with Gasteiger partial charge in [0.15, 0.2) is 5.75 Å². The van der Waals surface area contributed by atoms with E-state index in [9.17, 15) is 4.39 Å². The van der Waals surface area contributed by atoms with Crippen LogP contribution in [0.3, 0.4) is 0 Å². The van der Waals surface area contributed by atoms with Crippen LogP contribution in [0.2, 0.25) is 0 Å². The minimum absolute atomic E-state index is 0.122. The number of rotatable bonds is 4. The number of ether oxygens (including phenoxy) is 1. The van der Waals surface area contributed by atoms with E-state index in [0.717, 1.165) is 54.5 Å². The first-order valence-corrected chi connectivity index (χ1v) is 11.1. The lowest BCUT2D eigenvalue weighted by Crippen LogP contribution is -2.52. The summed E-state index contributed by atoms with van der Waals surface area (Å²) in [6, 6.07) is 3.37. The fourth-order valence-electron chi connectivity index (χ4n) is 5.14. The van der Waals surface area contributed by atoms with E-state index in [1.165, 1.54) is 12.1 Å². The molecule has 1 aromatic carbocycles. The number of nitrogens with one attached hydrogen (secondary N) is 2. The predicted molar refractivity (Wildman–Crippen MR) is 124 cm³/mol. The molecule has 4 heterocycles.